The van der Waals surface area contributed by atoms with Gasteiger partial charge >= 0.3 is 5.97 Å². The first-order valence-electron chi connectivity index (χ1n) is 8.95. The van der Waals surface area contributed by atoms with E-state index in [0.29, 0.717) is 6.42 Å². The van der Waals surface area contributed by atoms with Crippen molar-refractivity contribution in [2.24, 2.45) is 0 Å². The zero-order valence-corrected chi connectivity index (χ0v) is 16.0. The van der Waals surface area contributed by atoms with Gasteiger partial charge in [-0.15, -0.1) is 0 Å². The molecule has 0 saturated heterocycles. The number of allylic oxidation sites excluding steroid dienone is 2. The fourth-order valence-electron chi connectivity index (χ4n) is 2.35. The van der Waals surface area contributed by atoms with Gasteiger partial charge in [0.2, 0.25) is 0 Å². The number of carboxylic acids is 1. The summed E-state index contributed by atoms with van der Waals surface area (Å²) in [5.74, 6) is -0.664. The number of aliphatic hydroxyl groups excluding tert-OH is 1. The quantitative estimate of drug-likeness (QED) is 0.204. The molecule has 1 radical (unpaired) electrons. The maximum atomic E-state index is 10.3. The van der Waals surface area contributed by atoms with Crippen molar-refractivity contribution in [2.45, 2.75) is 96.8 Å². The second-order valence-corrected chi connectivity index (χ2v) is 5.73. The first-order chi connectivity index (χ1) is 10.8. The van der Waals surface area contributed by atoms with Crippen molar-refractivity contribution in [1.29, 1.82) is 0 Å². The van der Waals surface area contributed by atoms with Gasteiger partial charge in [0.25, 0.3) is 0 Å². The Bertz CT molecular complexity index is 243. The Hall–Kier alpha value is -0.311. The molecule has 3 nitrogen and oxygen atoms in total. The third-order valence-corrected chi connectivity index (χ3v) is 3.65. The van der Waals surface area contributed by atoms with Gasteiger partial charge in [-0.3, -0.25) is 4.79 Å². The molecule has 0 rings (SSSR count). The van der Waals surface area contributed by atoms with Gasteiger partial charge < -0.3 is 10.2 Å². The second-order valence-electron chi connectivity index (χ2n) is 5.73. The van der Waals surface area contributed by atoms with Gasteiger partial charge in [-0.25, -0.2) is 0 Å². The summed E-state index contributed by atoms with van der Waals surface area (Å²) < 4.78 is 0. The summed E-state index contributed by atoms with van der Waals surface area (Å²) in [6.07, 6.45) is 21.2. The van der Waals surface area contributed by atoms with E-state index in [1.165, 1.54) is 70.6 Å². The molecule has 139 valence electrons. The van der Waals surface area contributed by atoms with Crippen LogP contribution in [0.4, 0.5) is 0 Å². The fourth-order valence-corrected chi connectivity index (χ4v) is 2.35. The number of unbranched alkanes of at least 4 members (excludes halogenated alkanes) is 11. The van der Waals surface area contributed by atoms with Crippen LogP contribution in [0.5, 0.6) is 0 Å². The summed E-state index contributed by atoms with van der Waals surface area (Å²) in [5, 5.41) is 15.3. The van der Waals surface area contributed by atoms with Crippen LogP contribution in [-0.2, 0) is 21.9 Å². The van der Waals surface area contributed by atoms with Crippen LogP contribution in [0.3, 0.4) is 0 Å². The molecular formula is C19H37FeO3. The summed E-state index contributed by atoms with van der Waals surface area (Å²) in [6, 6.07) is 0. The van der Waals surface area contributed by atoms with E-state index in [2.05, 4.69) is 26.2 Å². The summed E-state index contributed by atoms with van der Waals surface area (Å²) in [5.41, 5.74) is 0. The minimum Gasteiger partial charge on any atom is -0.481 e. The Balaban J connectivity index is -0.00000128. The predicted octanol–water partition coefficient (Wildman–Crippen LogP) is 6.26. The van der Waals surface area contributed by atoms with Crippen molar-refractivity contribution >= 4 is 5.97 Å². The molecule has 0 aliphatic rings. The topological polar surface area (TPSA) is 57.5 Å². The van der Waals surface area contributed by atoms with Gasteiger partial charge in [-0.1, -0.05) is 70.4 Å². The number of hydrogen-bond donors (Lipinski definition) is 2. The first kappa shape index (κ1) is 27.5. The zero-order chi connectivity index (χ0) is 16.9. The van der Waals surface area contributed by atoms with Crippen LogP contribution in [0, 0.1) is 7.11 Å². The predicted molar refractivity (Wildman–Crippen MR) is 94.4 cm³/mol. The molecule has 0 aliphatic heterocycles. The molecule has 0 aliphatic carbocycles. The summed E-state index contributed by atoms with van der Waals surface area (Å²) >= 11 is 0. The molecule has 0 amide bonds. The average molecular weight is 369 g/mol. The van der Waals surface area contributed by atoms with Crippen LogP contribution in [-0.4, -0.2) is 16.2 Å². The molecule has 4 heteroatoms. The van der Waals surface area contributed by atoms with Crippen molar-refractivity contribution in [2.75, 3.05) is 0 Å². The number of aliphatic carboxylic acids is 1. The SMILES string of the molecule is CCCCCCCC/C=C\CCCCCCCC(=O)O.[CH2]O.[Fe]. The Kier molecular flexibility index (Phi) is 31.8. The molecule has 0 aromatic heterocycles. The van der Waals surface area contributed by atoms with Crippen LogP contribution in [0.2, 0.25) is 0 Å². The van der Waals surface area contributed by atoms with Gasteiger partial charge in [0.15, 0.2) is 0 Å². The third kappa shape index (κ3) is 30.2. The van der Waals surface area contributed by atoms with E-state index < -0.39 is 5.97 Å². The van der Waals surface area contributed by atoms with E-state index in [1.807, 2.05) is 0 Å². The molecule has 0 bridgehead atoms. The summed E-state index contributed by atoms with van der Waals surface area (Å²) in [7, 11) is 2.25. The van der Waals surface area contributed by atoms with Gasteiger partial charge in [0.05, 0.1) is 7.11 Å². The molecule has 0 atom stereocenters. The van der Waals surface area contributed by atoms with Crippen LogP contribution >= 0.6 is 0 Å². The van der Waals surface area contributed by atoms with Crippen LogP contribution < -0.4 is 0 Å². The summed E-state index contributed by atoms with van der Waals surface area (Å²) in [4.78, 5) is 10.3. The van der Waals surface area contributed by atoms with Gasteiger partial charge in [-0.2, -0.15) is 0 Å². The van der Waals surface area contributed by atoms with Crippen molar-refractivity contribution in [3.63, 3.8) is 0 Å². The Morgan fingerprint density at radius 3 is 1.61 bits per heavy atom. The minimum absolute atomic E-state index is 0. The number of carbonyl (C=O) groups is 1. The maximum Gasteiger partial charge on any atom is 0.303 e. The second kappa shape index (κ2) is 26.6. The van der Waals surface area contributed by atoms with E-state index in [4.69, 9.17) is 10.2 Å². The van der Waals surface area contributed by atoms with Crippen molar-refractivity contribution < 1.29 is 32.1 Å². The van der Waals surface area contributed by atoms with Gasteiger partial charge in [0, 0.05) is 23.5 Å². The van der Waals surface area contributed by atoms with E-state index in [-0.39, 0.29) is 17.1 Å². The normalized spacial score (nSPS) is 10.0. The molecule has 0 saturated carbocycles. The van der Waals surface area contributed by atoms with Crippen LogP contribution in [0.15, 0.2) is 12.2 Å². The summed E-state index contributed by atoms with van der Waals surface area (Å²) in [6.45, 7) is 2.26. The Labute approximate surface area is 154 Å². The number of rotatable bonds is 15. The molecule has 0 unspecified atom stereocenters. The molecule has 23 heavy (non-hydrogen) atoms. The van der Waals surface area contributed by atoms with Crippen molar-refractivity contribution in [3.05, 3.63) is 19.3 Å². The van der Waals surface area contributed by atoms with Crippen LogP contribution in [0.25, 0.3) is 0 Å². The molecule has 0 fully saturated rings. The van der Waals surface area contributed by atoms with Gasteiger partial charge in [0.1, 0.15) is 0 Å². The molecule has 0 aromatic rings. The van der Waals surface area contributed by atoms with Crippen molar-refractivity contribution in [1.82, 2.24) is 0 Å². The number of hydrogen-bond acceptors (Lipinski definition) is 2. The monoisotopic (exact) mass is 369 g/mol. The third-order valence-electron chi connectivity index (χ3n) is 3.65. The largest absolute Gasteiger partial charge is 0.481 e. The van der Waals surface area contributed by atoms with E-state index >= 15 is 0 Å². The smallest absolute Gasteiger partial charge is 0.303 e. The first-order valence-corrected chi connectivity index (χ1v) is 8.95. The van der Waals surface area contributed by atoms with Gasteiger partial charge in [-0.05, 0) is 32.1 Å². The average Bonchev–Trinajstić information content (AvgIpc) is 2.53. The Morgan fingerprint density at radius 1 is 0.783 bits per heavy atom. The molecule has 0 heterocycles. The van der Waals surface area contributed by atoms with E-state index in [9.17, 15) is 4.79 Å². The Morgan fingerprint density at radius 2 is 1.17 bits per heavy atom. The number of carboxylic acid groups (broad SMARTS) is 1. The fraction of sp³-hybridized carbons (Fsp3) is 0.789. The van der Waals surface area contributed by atoms with E-state index in [1.54, 1.807) is 0 Å². The maximum absolute atomic E-state index is 10.3. The zero-order valence-electron chi connectivity index (χ0n) is 14.9. The minimum atomic E-state index is -0.664. The van der Waals surface area contributed by atoms with Crippen molar-refractivity contribution in [3.8, 4) is 0 Å². The molecule has 0 spiro atoms. The standard InChI is InChI=1S/C18H34O2.CH3O.Fe/c1-2-3-4-5-6-7-8-9-10-11-12-13-14-15-16-17-18(19)20;1-2;/h9-10H,2-8,11-17H2,1H3,(H,19,20);2H,1H2;/b10-9-;;. The molecular weight excluding hydrogens is 332 g/mol. The van der Waals surface area contributed by atoms with E-state index in [0.717, 1.165) is 12.8 Å². The number of aliphatic hydroxyl groups is 1. The van der Waals surface area contributed by atoms with Crippen LogP contribution in [0.1, 0.15) is 96.8 Å². The molecule has 2 N–H and O–H groups in total. The molecule has 0 aromatic carbocycles.